The number of aromatic nitrogens is 1. The molecule has 2 heterocycles. The monoisotopic (exact) mass is 255 g/mol. The van der Waals surface area contributed by atoms with Crippen LogP contribution in [0.2, 0.25) is 0 Å². The second-order valence-electron chi connectivity index (χ2n) is 4.35. The Morgan fingerprint density at radius 3 is 2.94 bits per heavy atom. The van der Waals surface area contributed by atoms with Crippen LogP contribution in [0, 0.1) is 5.82 Å². The summed E-state index contributed by atoms with van der Waals surface area (Å²) in [5.41, 5.74) is -0.0428. The molecule has 0 aromatic carbocycles. The highest BCUT2D eigenvalue weighted by Crippen LogP contribution is 2.15. The van der Waals surface area contributed by atoms with Crippen molar-refractivity contribution in [2.75, 3.05) is 31.6 Å². The number of halogens is 2. The summed E-state index contributed by atoms with van der Waals surface area (Å²) in [7, 11) is 0. The van der Waals surface area contributed by atoms with E-state index >= 15 is 0 Å². The molecule has 1 fully saturated rings. The maximum atomic E-state index is 13.3. The van der Waals surface area contributed by atoms with Crippen molar-refractivity contribution in [3.05, 3.63) is 23.6 Å². The van der Waals surface area contributed by atoms with Crippen LogP contribution in [0.1, 0.15) is 16.8 Å². The number of aldehydes is 1. The highest BCUT2D eigenvalue weighted by molar-refractivity contribution is 5.75. The van der Waals surface area contributed by atoms with Crippen LogP contribution in [0.25, 0.3) is 0 Å². The summed E-state index contributed by atoms with van der Waals surface area (Å²) >= 11 is 0. The first-order valence-corrected chi connectivity index (χ1v) is 5.88. The molecule has 1 N–H and O–H groups in total. The summed E-state index contributed by atoms with van der Waals surface area (Å²) < 4.78 is 25.3. The lowest BCUT2D eigenvalue weighted by molar-refractivity contribution is 0.111. The van der Waals surface area contributed by atoms with Crippen LogP contribution in [0.5, 0.6) is 0 Å². The molecule has 4 nitrogen and oxygen atoms in total. The van der Waals surface area contributed by atoms with Gasteiger partial charge in [0.25, 0.3) is 0 Å². The van der Waals surface area contributed by atoms with Crippen molar-refractivity contribution in [3.8, 4) is 0 Å². The van der Waals surface area contributed by atoms with Gasteiger partial charge in [0.2, 0.25) is 0 Å². The average Bonchev–Trinajstić information content (AvgIpc) is 2.32. The Bertz CT molecular complexity index is 422. The van der Waals surface area contributed by atoms with Crippen molar-refractivity contribution in [2.45, 2.75) is 12.5 Å². The molecule has 0 saturated carbocycles. The lowest BCUT2D eigenvalue weighted by Gasteiger charge is -2.39. The number of nitrogens with one attached hydrogen (secondary N) is 1. The molecule has 1 aliphatic rings. The Morgan fingerprint density at radius 1 is 1.56 bits per heavy atom. The molecular weight excluding hydrogens is 240 g/mol. The fourth-order valence-electron chi connectivity index (χ4n) is 1.94. The van der Waals surface area contributed by atoms with Crippen LogP contribution in [0.15, 0.2) is 12.3 Å². The number of hydrogen-bond acceptors (Lipinski definition) is 4. The van der Waals surface area contributed by atoms with Crippen molar-refractivity contribution in [1.29, 1.82) is 0 Å². The number of alkyl halides is 1. The first-order valence-electron chi connectivity index (χ1n) is 5.88. The number of pyridine rings is 1. The third-order valence-electron chi connectivity index (χ3n) is 2.93. The third kappa shape index (κ3) is 3.01. The minimum absolute atomic E-state index is 0.0428. The van der Waals surface area contributed by atoms with Crippen molar-refractivity contribution in [1.82, 2.24) is 9.88 Å². The van der Waals surface area contributed by atoms with E-state index in [-0.39, 0.29) is 18.3 Å². The predicted molar refractivity (Wildman–Crippen MR) is 64.0 cm³/mol. The second-order valence-corrected chi connectivity index (χ2v) is 4.35. The maximum absolute atomic E-state index is 13.3. The van der Waals surface area contributed by atoms with Crippen LogP contribution >= 0.6 is 0 Å². The Balaban J connectivity index is 1.81. The van der Waals surface area contributed by atoms with E-state index in [2.05, 4.69) is 15.2 Å². The summed E-state index contributed by atoms with van der Waals surface area (Å²) in [4.78, 5) is 16.5. The molecule has 0 radical (unpaired) electrons. The second kappa shape index (κ2) is 5.86. The number of rotatable bonds is 6. The van der Waals surface area contributed by atoms with E-state index < -0.39 is 5.82 Å². The molecule has 1 aromatic rings. The van der Waals surface area contributed by atoms with Crippen molar-refractivity contribution in [3.63, 3.8) is 0 Å². The Morgan fingerprint density at radius 2 is 2.33 bits per heavy atom. The quantitative estimate of drug-likeness (QED) is 0.782. The molecule has 2 rings (SSSR count). The molecule has 0 spiro atoms. The first-order chi connectivity index (χ1) is 8.72. The summed E-state index contributed by atoms with van der Waals surface area (Å²) in [5, 5.41) is 3.07. The van der Waals surface area contributed by atoms with Gasteiger partial charge in [-0.1, -0.05) is 0 Å². The molecular formula is C12H15F2N3O. The van der Waals surface area contributed by atoms with Gasteiger partial charge in [-0.05, 0) is 6.42 Å². The van der Waals surface area contributed by atoms with Gasteiger partial charge in [-0.25, -0.2) is 9.37 Å². The van der Waals surface area contributed by atoms with Gasteiger partial charge in [0.05, 0.1) is 18.3 Å². The van der Waals surface area contributed by atoms with Gasteiger partial charge in [0.15, 0.2) is 6.29 Å². The Hall–Kier alpha value is -1.56. The van der Waals surface area contributed by atoms with E-state index in [1.54, 1.807) is 0 Å². The fourth-order valence-corrected chi connectivity index (χ4v) is 1.94. The van der Waals surface area contributed by atoms with Gasteiger partial charge in [0, 0.05) is 31.9 Å². The number of likely N-dealkylation sites (tertiary alicyclic amines) is 1. The number of hydrogen-bond donors (Lipinski definition) is 1. The van der Waals surface area contributed by atoms with Crippen LogP contribution < -0.4 is 5.32 Å². The first kappa shape index (κ1) is 12.9. The zero-order valence-electron chi connectivity index (χ0n) is 9.90. The molecule has 1 aliphatic heterocycles. The van der Waals surface area contributed by atoms with Crippen molar-refractivity contribution < 1.29 is 13.6 Å². The number of nitrogens with zero attached hydrogens (tertiary/aromatic N) is 2. The van der Waals surface area contributed by atoms with Gasteiger partial charge in [-0.2, -0.15) is 0 Å². The van der Waals surface area contributed by atoms with Crippen molar-refractivity contribution in [2.24, 2.45) is 0 Å². The molecule has 6 heteroatoms. The normalized spacial score (nSPS) is 16.3. The lowest BCUT2D eigenvalue weighted by Crippen LogP contribution is -2.54. The molecule has 0 bridgehead atoms. The third-order valence-corrected chi connectivity index (χ3v) is 2.93. The molecule has 18 heavy (non-hydrogen) atoms. The minimum Gasteiger partial charge on any atom is -0.365 e. The zero-order chi connectivity index (χ0) is 13.0. The summed E-state index contributed by atoms with van der Waals surface area (Å²) in [6.07, 6.45) is 2.20. The van der Waals surface area contributed by atoms with Gasteiger partial charge in [-0.3, -0.25) is 14.1 Å². The molecule has 1 aromatic heterocycles. The van der Waals surface area contributed by atoms with Crippen molar-refractivity contribution >= 4 is 12.1 Å². The molecule has 0 atom stereocenters. The lowest BCUT2D eigenvalue weighted by atomic mass is 10.1. The Kier molecular flexibility index (Phi) is 4.19. The van der Waals surface area contributed by atoms with E-state index in [9.17, 15) is 13.6 Å². The van der Waals surface area contributed by atoms with Crippen LogP contribution in [-0.2, 0) is 0 Å². The summed E-state index contributed by atoms with van der Waals surface area (Å²) in [5.74, 6) is -0.149. The highest BCUT2D eigenvalue weighted by atomic mass is 19.1. The standard InChI is InChI=1S/C12H15F2N3O/c13-2-1-3-17-6-10(7-17)16-12-4-11(14)9(8-18)5-15-12/h4-5,8,10H,1-3,6-7H2,(H,15,16). The van der Waals surface area contributed by atoms with Crippen LogP contribution in [0.4, 0.5) is 14.6 Å². The van der Waals surface area contributed by atoms with Gasteiger partial charge < -0.3 is 5.32 Å². The smallest absolute Gasteiger partial charge is 0.154 e. The van der Waals surface area contributed by atoms with Gasteiger partial charge in [0.1, 0.15) is 11.6 Å². The van der Waals surface area contributed by atoms with E-state index in [0.717, 1.165) is 19.6 Å². The number of anilines is 1. The van der Waals surface area contributed by atoms with Gasteiger partial charge >= 0.3 is 0 Å². The average molecular weight is 255 g/mol. The van der Waals surface area contributed by atoms with Gasteiger partial charge in [-0.15, -0.1) is 0 Å². The largest absolute Gasteiger partial charge is 0.365 e. The summed E-state index contributed by atoms with van der Waals surface area (Å²) in [6.45, 7) is 2.06. The highest BCUT2D eigenvalue weighted by Gasteiger charge is 2.26. The zero-order valence-corrected chi connectivity index (χ0v) is 9.90. The predicted octanol–water partition coefficient (Wildman–Crippen LogP) is 1.49. The fraction of sp³-hybridized carbons (Fsp3) is 0.500. The van der Waals surface area contributed by atoms with E-state index in [0.29, 0.717) is 18.5 Å². The van der Waals surface area contributed by atoms with Crippen LogP contribution in [-0.4, -0.2) is 48.5 Å². The number of carbonyl (C=O) groups excluding carboxylic acids is 1. The number of carbonyl (C=O) groups is 1. The van der Waals surface area contributed by atoms with E-state index in [1.165, 1.54) is 12.3 Å². The molecule has 1 saturated heterocycles. The molecule has 0 aliphatic carbocycles. The molecule has 98 valence electrons. The van der Waals surface area contributed by atoms with Crippen LogP contribution in [0.3, 0.4) is 0 Å². The minimum atomic E-state index is -0.573. The van der Waals surface area contributed by atoms with E-state index in [1.807, 2.05) is 0 Å². The molecule has 0 unspecified atom stereocenters. The molecule has 0 amide bonds. The Labute approximate surface area is 104 Å². The maximum Gasteiger partial charge on any atom is 0.154 e. The SMILES string of the molecule is O=Cc1cnc(NC2CN(CCCF)C2)cc1F. The van der Waals surface area contributed by atoms with E-state index in [4.69, 9.17) is 0 Å². The summed E-state index contributed by atoms with van der Waals surface area (Å²) in [6, 6.07) is 1.42. The topological polar surface area (TPSA) is 45.2 Å².